The van der Waals surface area contributed by atoms with Gasteiger partial charge >= 0.3 is 0 Å². The minimum atomic E-state index is -0.0780. The molecule has 0 atom stereocenters. The fourth-order valence-corrected chi connectivity index (χ4v) is 4.06. The van der Waals surface area contributed by atoms with Crippen LogP contribution in [0, 0.1) is 20.8 Å². The smallest absolute Gasteiger partial charge is 0.234 e. The summed E-state index contributed by atoms with van der Waals surface area (Å²) in [5.74, 6) is 2.12. The number of amides is 1. The Bertz CT molecular complexity index is 1060. The van der Waals surface area contributed by atoms with E-state index in [1.807, 2.05) is 50.6 Å². The highest BCUT2D eigenvalue weighted by molar-refractivity contribution is 7.99. The van der Waals surface area contributed by atoms with Crippen molar-refractivity contribution in [1.82, 2.24) is 14.8 Å². The van der Waals surface area contributed by atoms with Crippen molar-refractivity contribution in [2.24, 2.45) is 7.05 Å². The molecule has 30 heavy (non-hydrogen) atoms. The number of nitrogens with zero attached hydrogens (tertiary/aromatic N) is 3. The van der Waals surface area contributed by atoms with Crippen LogP contribution in [0.1, 0.15) is 16.7 Å². The number of ether oxygens (including phenoxy) is 2. The van der Waals surface area contributed by atoms with Crippen molar-refractivity contribution in [3.8, 4) is 22.9 Å². The third-order valence-corrected chi connectivity index (χ3v) is 5.77. The maximum absolute atomic E-state index is 12.5. The summed E-state index contributed by atoms with van der Waals surface area (Å²) in [4.78, 5) is 12.5. The van der Waals surface area contributed by atoms with Crippen LogP contribution in [0.5, 0.6) is 11.5 Å². The number of hydrogen-bond acceptors (Lipinski definition) is 6. The number of benzene rings is 2. The van der Waals surface area contributed by atoms with Gasteiger partial charge in [0, 0.05) is 18.3 Å². The average molecular weight is 427 g/mol. The highest BCUT2D eigenvalue weighted by atomic mass is 32.2. The zero-order valence-electron chi connectivity index (χ0n) is 18.1. The van der Waals surface area contributed by atoms with E-state index in [1.165, 1.54) is 17.3 Å². The largest absolute Gasteiger partial charge is 0.493 e. The molecule has 0 saturated heterocycles. The lowest BCUT2D eigenvalue weighted by Gasteiger charge is -2.12. The van der Waals surface area contributed by atoms with Crippen LogP contribution in [0.15, 0.2) is 35.5 Å². The Hall–Kier alpha value is -3.00. The third-order valence-electron chi connectivity index (χ3n) is 4.75. The molecule has 3 rings (SSSR count). The van der Waals surface area contributed by atoms with Crippen molar-refractivity contribution in [2.45, 2.75) is 25.9 Å². The molecular weight excluding hydrogens is 400 g/mol. The van der Waals surface area contributed by atoms with E-state index in [0.29, 0.717) is 22.5 Å². The number of rotatable bonds is 7. The molecule has 0 bridgehead atoms. The van der Waals surface area contributed by atoms with Gasteiger partial charge in [-0.05, 0) is 50.1 Å². The molecule has 0 aliphatic rings. The van der Waals surface area contributed by atoms with Gasteiger partial charge in [-0.2, -0.15) is 0 Å². The number of nitrogens with one attached hydrogen (secondary N) is 1. The number of methoxy groups -OCH3 is 2. The molecule has 0 saturated carbocycles. The Labute approximate surface area is 180 Å². The second kappa shape index (κ2) is 9.21. The molecule has 7 nitrogen and oxygen atoms in total. The van der Waals surface area contributed by atoms with E-state index >= 15 is 0 Å². The maximum Gasteiger partial charge on any atom is 0.234 e. The van der Waals surface area contributed by atoms with Crippen LogP contribution in [-0.4, -0.2) is 40.6 Å². The molecule has 1 aromatic heterocycles. The fourth-order valence-electron chi connectivity index (χ4n) is 3.35. The van der Waals surface area contributed by atoms with E-state index in [9.17, 15) is 4.79 Å². The van der Waals surface area contributed by atoms with Crippen molar-refractivity contribution >= 4 is 23.4 Å². The van der Waals surface area contributed by atoms with Crippen LogP contribution in [-0.2, 0) is 11.8 Å². The average Bonchev–Trinajstić information content (AvgIpc) is 3.08. The van der Waals surface area contributed by atoms with Crippen LogP contribution >= 0.6 is 11.8 Å². The summed E-state index contributed by atoms with van der Waals surface area (Å²) in [6, 6.07) is 9.71. The first kappa shape index (κ1) is 21.7. The quantitative estimate of drug-likeness (QED) is 0.572. The first-order valence-electron chi connectivity index (χ1n) is 9.46. The van der Waals surface area contributed by atoms with E-state index in [2.05, 4.69) is 27.6 Å². The molecule has 0 fully saturated rings. The Kier molecular flexibility index (Phi) is 6.66. The normalized spacial score (nSPS) is 10.7. The number of anilines is 1. The van der Waals surface area contributed by atoms with Crippen LogP contribution in [0.3, 0.4) is 0 Å². The van der Waals surface area contributed by atoms with Crippen molar-refractivity contribution in [1.29, 1.82) is 0 Å². The molecule has 8 heteroatoms. The van der Waals surface area contributed by atoms with Gasteiger partial charge in [0.15, 0.2) is 22.5 Å². The van der Waals surface area contributed by atoms with Gasteiger partial charge in [-0.25, -0.2) is 0 Å². The van der Waals surface area contributed by atoms with Gasteiger partial charge in [-0.1, -0.05) is 29.5 Å². The van der Waals surface area contributed by atoms with Gasteiger partial charge in [-0.15, -0.1) is 10.2 Å². The monoisotopic (exact) mass is 426 g/mol. The minimum Gasteiger partial charge on any atom is -0.493 e. The lowest BCUT2D eigenvalue weighted by Crippen LogP contribution is -2.16. The molecule has 1 N–H and O–H groups in total. The number of carbonyl (C=O) groups is 1. The van der Waals surface area contributed by atoms with Crippen molar-refractivity contribution in [3.05, 3.63) is 47.0 Å². The van der Waals surface area contributed by atoms with Gasteiger partial charge < -0.3 is 19.4 Å². The van der Waals surface area contributed by atoms with Crippen LogP contribution in [0.25, 0.3) is 11.4 Å². The van der Waals surface area contributed by atoms with Crippen LogP contribution in [0.4, 0.5) is 5.69 Å². The first-order valence-corrected chi connectivity index (χ1v) is 10.4. The molecule has 158 valence electrons. The molecule has 0 aliphatic heterocycles. The van der Waals surface area contributed by atoms with Crippen LogP contribution < -0.4 is 14.8 Å². The molecule has 1 heterocycles. The SMILES string of the molecule is COc1ccc(-c2nnc(SCC(=O)Nc3c(C)cc(C)cc3C)n2C)cc1OC. The molecule has 0 aliphatic carbocycles. The van der Waals surface area contributed by atoms with Crippen LogP contribution in [0.2, 0.25) is 0 Å². The number of aryl methyl sites for hydroxylation is 3. The summed E-state index contributed by atoms with van der Waals surface area (Å²) >= 11 is 1.34. The third kappa shape index (κ3) is 4.59. The summed E-state index contributed by atoms with van der Waals surface area (Å²) < 4.78 is 12.5. The van der Waals surface area contributed by atoms with E-state index in [-0.39, 0.29) is 11.7 Å². The molecule has 0 spiro atoms. The number of carbonyl (C=O) groups excluding carboxylic acids is 1. The maximum atomic E-state index is 12.5. The zero-order chi connectivity index (χ0) is 21.8. The standard InChI is InChI=1S/C22H26N4O3S/c1-13-9-14(2)20(15(3)10-13)23-19(27)12-30-22-25-24-21(26(22)4)16-7-8-17(28-5)18(11-16)29-6/h7-11H,12H2,1-6H3,(H,23,27). The van der Waals surface area contributed by atoms with Gasteiger partial charge in [0.25, 0.3) is 0 Å². The Morgan fingerprint density at radius 3 is 2.33 bits per heavy atom. The highest BCUT2D eigenvalue weighted by Crippen LogP contribution is 2.32. The minimum absolute atomic E-state index is 0.0780. The lowest BCUT2D eigenvalue weighted by atomic mass is 10.1. The van der Waals surface area contributed by atoms with Gasteiger partial charge in [-0.3, -0.25) is 4.79 Å². The molecular formula is C22H26N4O3S. The lowest BCUT2D eigenvalue weighted by molar-refractivity contribution is -0.113. The van der Waals surface area contributed by atoms with E-state index < -0.39 is 0 Å². The van der Waals surface area contributed by atoms with Crippen molar-refractivity contribution in [3.63, 3.8) is 0 Å². The second-order valence-electron chi connectivity index (χ2n) is 7.05. The molecule has 2 aromatic carbocycles. The summed E-state index contributed by atoms with van der Waals surface area (Å²) in [6.07, 6.45) is 0. The summed E-state index contributed by atoms with van der Waals surface area (Å²) in [5.41, 5.74) is 5.01. The first-order chi connectivity index (χ1) is 14.3. The highest BCUT2D eigenvalue weighted by Gasteiger charge is 2.16. The second-order valence-corrected chi connectivity index (χ2v) is 7.99. The van der Waals surface area contributed by atoms with Crippen molar-refractivity contribution in [2.75, 3.05) is 25.3 Å². The summed E-state index contributed by atoms with van der Waals surface area (Å²) in [6.45, 7) is 6.05. The summed E-state index contributed by atoms with van der Waals surface area (Å²) in [5, 5.41) is 12.2. The summed E-state index contributed by atoms with van der Waals surface area (Å²) in [7, 11) is 5.06. The fraction of sp³-hybridized carbons (Fsp3) is 0.318. The Balaban J connectivity index is 1.71. The van der Waals surface area contributed by atoms with E-state index in [1.54, 1.807) is 14.2 Å². The molecule has 0 unspecified atom stereocenters. The van der Waals surface area contributed by atoms with E-state index in [4.69, 9.17) is 9.47 Å². The molecule has 1 amide bonds. The van der Waals surface area contributed by atoms with Crippen molar-refractivity contribution < 1.29 is 14.3 Å². The Morgan fingerprint density at radius 1 is 1.03 bits per heavy atom. The van der Waals surface area contributed by atoms with Gasteiger partial charge in [0.05, 0.1) is 20.0 Å². The predicted octanol–water partition coefficient (Wildman–Crippen LogP) is 4.16. The molecule has 3 aromatic rings. The predicted molar refractivity (Wildman–Crippen MR) is 120 cm³/mol. The zero-order valence-corrected chi connectivity index (χ0v) is 18.9. The number of thioether (sulfide) groups is 1. The number of hydrogen-bond donors (Lipinski definition) is 1. The topological polar surface area (TPSA) is 78.3 Å². The van der Waals surface area contributed by atoms with Gasteiger partial charge in [0.1, 0.15) is 0 Å². The Morgan fingerprint density at radius 2 is 1.70 bits per heavy atom. The molecule has 0 radical (unpaired) electrons. The number of aromatic nitrogens is 3. The van der Waals surface area contributed by atoms with E-state index in [0.717, 1.165) is 22.4 Å². The van der Waals surface area contributed by atoms with Gasteiger partial charge in [0.2, 0.25) is 5.91 Å².